The molecular weight excluding hydrogens is 285 g/mol. The maximum Gasteiger partial charge on any atom is 0.454 e. The Morgan fingerprint density at radius 2 is 1.86 bits per heavy atom. The Balaban J connectivity index is 2.27. The first-order valence-corrected chi connectivity index (χ1v) is 6.21. The van der Waals surface area contributed by atoms with E-state index in [2.05, 4.69) is 0 Å². The van der Waals surface area contributed by atoms with Crippen molar-refractivity contribution in [2.45, 2.75) is 19.0 Å². The SMILES string of the molecule is COc1ccc(/C=C2\CCC(C(=O)C(F)(F)F)=C2O)cc1. The van der Waals surface area contributed by atoms with Crippen molar-refractivity contribution in [3.63, 3.8) is 0 Å². The third kappa shape index (κ3) is 3.26. The van der Waals surface area contributed by atoms with Crippen LogP contribution in [0.4, 0.5) is 13.2 Å². The third-order valence-corrected chi connectivity index (χ3v) is 3.22. The number of aliphatic hydroxyl groups is 1. The Bertz CT molecular complexity index is 610. The summed E-state index contributed by atoms with van der Waals surface area (Å²) in [5, 5.41) is 9.81. The normalized spacial score (nSPS) is 17.4. The molecule has 112 valence electrons. The minimum atomic E-state index is -4.96. The van der Waals surface area contributed by atoms with E-state index in [1.54, 1.807) is 30.3 Å². The van der Waals surface area contributed by atoms with Crippen LogP contribution in [0.5, 0.6) is 5.75 Å². The quantitative estimate of drug-likeness (QED) is 0.923. The molecule has 0 saturated heterocycles. The van der Waals surface area contributed by atoms with E-state index in [0.29, 0.717) is 16.9 Å². The molecule has 0 saturated carbocycles. The van der Waals surface area contributed by atoms with Gasteiger partial charge in [-0.05, 0) is 42.2 Å². The highest BCUT2D eigenvalue weighted by Crippen LogP contribution is 2.35. The Morgan fingerprint density at radius 3 is 2.38 bits per heavy atom. The molecule has 1 aromatic rings. The third-order valence-electron chi connectivity index (χ3n) is 3.22. The molecule has 0 fully saturated rings. The van der Waals surface area contributed by atoms with E-state index in [9.17, 15) is 23.1 Å². The molecule has 1 aliphatic rings. The smallest absolute Gasteiger partial charge is 0.454 e. The largest absolute Gasteiger partial charge is 0.507 e. The number of hydrogen-bond donors (Lipinski definition) is 1. The maximum atomic E-state index is 12.4. The molecule has 1 N–H and O–H groups in total. The summed E-state index contributed by atoms with van der Waals surface area (Å²) in [5.41, 5.74) is 0.466. The summed E-state index contributed by atoms with van der Waals surface area (Å²) in [6.45, 7) is 0. The molecule has 1 aliphatic carbocycles. The van der Waals surface area contributed by atoms with Crippen molar-refractivity contribution in [2.75, 3.05) is 7.11 Å². The molecule has 6 heteroatoms. The second-order valence-corrected chi connectivity index (χ2v) is 4.60. The highest BCUT2D eigenvalue weighted by molar-refractivity contribution is 6.01. The summed E-state index contributed by atoms with van der Waals surface area (Å²) in [7, 11) is 1.52. The number of alkyl halides is 3. The van der Waals surface area contributed by atoms with Gasteiger partial charge in [-0.1, -0.05) is 12.1 Å². The number of ketones is 1. The zero-order valence-electron chi connectivity index (χ0n) is 11.2. The molecule has 0 aromatic heterocycles. The lowest BCUT2D eigenvalue weighted by atomic mass is 10.1. The predicted octanol–water partition coefficient (Wildman–Crippen LogP) is 3.82. The fourth-order valence-corrected chi connectivity index (χ4v) is 2.12. The fourth-order valence-electron chi connectivity index (χ4n) is 2.12. The molecular formula is C15H13F3O3. The predicted molar refractivity (Wildman–Crippen MR) is 70.9 cm³/mol. The Labute approximate surface area is 119 Å². The summed E-state index contributed by atoms with van der Waals surface area (Å²) < 4.78 is 42.1. The lowest BCUT2D eigenvalue weighted by molar-refractivity contribution is -0.166. The van der Waals surface area contributed by atoms with Crippen molar-refractivity contribution >= 4 is 11.9 Å². The van der Waals surface area contributed by atoms with Crippen molar-refractivity contribution in [1.82, 2.24) is 0 Å². The fraction of sp³-hybridized carbons (Fsp3) is 0.267. The van der Waals surface area contributed by atoms with E-state index >= 15 is 0 Å². The number of ether oxygens (including phenoxy) is 1. The number of hydrogen-bond acceptors (Lipinski definition) is 3. The van der Waals surface area contributed by atoms with Crippen molar-refractivity contribution in [1.29, 1.82) is 0 Å². The number of Topliss-reactive ketones (excluding diaryl/α,β-unsaturated/α-hetero) is 1. The molecule has 0 bridgehead atoms. The highest BCUT2D eigenvalue weighted by Gasteiger charge is 2.43. The van der Waals surface area contributed by atoms with Crippen molar-refractivity contribution in [3.8, 4) is 5.75 Å². The van der Waals surface area contributed by atoms with Gasteiger partial charge in [0.1, 0.15) is 11.5 Å². The summed E-state index contributed by atoms with van der Waals surface area (Å²) in [4.78, 5) is 11.2. The van der Waals surface area contributed by atoms with E-state index in [1.807, 2.05) is 0 Å². The van der Waals surface area contributed by atoms with Crippen LogP contribution in [0, 0.1) is 0 Å². The van der Waals surface area contributed by atoms with Crippen molar-refractivity contribution < 1.29 is 27.8 Å². The number of methoxy groups -OCH3 is 1. The van der Waals surface area contributed by atoms with Crippen molar-refractivity contribution in [3.05, 3.63) is 46.7 Å². The van der Waals surface area contributed by atoms with Crippen LogP contribution in [0.15, 0.2) is 41.2 Å². The first kappa shape index (κ1) is 15.2. The average molecular weight is 298 g/mol. The van der Waals surface area contributed by atoms with Crippen molar-refractivity contribution in [2.24, 2.45) is 0 Å². The van der Waals surface area contributed by atoms with Gasteiger partial charge < -0.3 is 9.84 Å². The highest BCUT2D eigenvalue weighted by atomic mass is 19.4. The molecule has 21 heavy (non-hydrogen) atoms. The first-order chi connectivity index (χ1) is 9.82. The monoisotopic (exact) mass is 298 g/mol. The van der Waals surface area contributed by atoms with Crippen LogP contribution in [0.25, 0.3) is 6.08 Å². The molecule has 2 rings (SSSR count). The molecule has 0 aliphatic heterocycles. The van der Waals surface area contributed by atoms with Gasteiger partial charge in [0.25, 0.3) is 5.78 Å². The number of carbonyl (C=O) groups is 1. The van der Waals surface area contributed by atoms with Gasteiger partial charge in [-0.15, -0.1) is 0 Å². The van der Waals surface area contributed by atoms with E-state index in [1.165, 1.54) is 7.11 Å². The van der Waals surface area contributed by atoms with Gasteiger partial charge in [0, 0.05) is 5.57 Å². The molecule has 0 heterocycles. The minimum Gasteiger partial charge on any atom is -0.507 e. The van der Waals surface area contributed by atoms with Gasteiger partial charge >= 0.3 is 6.18 Å². The van der Waals surface area contributed by atoms with Crippen LogP contribution < -0.4 is 4.74 Å². The molecule has 3 nitrogen and oxygen atoms in total. The Hall–Kier alpha value is -2.24. The van der Waals surface area contributed by atoms with Crippen LogP contribution in [-0.2, 0) is 4.79 Å². The Morgan fingerprint density at radius 1 is 1.24 bits per heavy atom. The van der Waals surface area contributed by atoms with Crippen LogP contribution in [-0.4, -0.2) is 24.2 Å². The average Bonchev–Trinajstić information content (AvgIpc) is 2.79. The van der Waals surface area contributed by atoms with E-state index in [-0.39, 0.29) is 12.8 Å². The molecule has 0 atom stereocenters. The van der Waals surface area contributed by atoms with Gasteiger partial charge in [0.15, 0.2) is 0 Å². The van der Waals surface area contributed by atoms with Crippen LogP contribution in [0.3, 0.4) is 0 Å². The standard InChI is InChI=1S/C15H13F3O3/c1-21-11-5-2-9(3-6-11)8-10-4-7-12(13(10)19)14(20)15(16,17)18/h2-3,5-6,8,19H,4,7H2,1H3/b10-8+. The van der Waals surface area contributed by atoms with Gasteiger partial charge in [-0.3, -0.25) is 4.79 Å². The summed E-state index contributed by atoms with van der Waals surface area (Å²) in [5.74, 6) is -1.89. The van der Waals surface area contributed by atoms with E-state index < -0.39 is 23.3 Å². The Kier molecular flexibility index (Phi) is 4.06. The molecule has 0 unspecified atom stereocenters. The number of benzene rings is 1. The molecule has 0 radical (unpaired) electrons. The number of halogens is 3. The number of rotatable bonds is 3. The summed E-state index contributed by atoms with van der Waals surface area (Å²) >= 11 is 0. The zero-order chi connectivity index (χ0) is 15.6. The maximum absolute atomic E-state index is 12.4. The number of aliphatic hydroxyl groups excluding tert-OH is 1. The topological polar surface area (TPSA) is 46.5 Å². The second-order valence-electron chi connectivity index (χ2n) is 4.60. The van der Waals surface area contributed by atoms with Crippen LogP contribution >= 0.6 is 0 Å². The molecule has 1 aromatic carbocycles. The van der Waals surface area contributed by atoms with Gasteiger partial charge in [-0.2, -0.15) is 13.2 Å². The lowest BCUT2D eigenvalue weighted by Gasteiger charge is -2.05. The number of carbonyl (C=O) groups excluding carboxylic acids is 1. The van der Waals surface area contributed by atoms with Gasteiger partial charge in [0.05, 0.1) is 7.11 Å². The minimum absolute atomic E-state index is 0.105. The van der Waals surface area contributed by atoms with Gasteiger partial charge in [-0.25, -0.2) is 0 Å². The second kappa shape index (κ2) is 5.63. The van der Waals surface area contributed by atoms with Crippen LogP contribution in [0.2, 0.25) is 0 Å². The van der Waals surface area contributed by atoms with E-state index in [4.69, 9.17) is 4.74 Å². The first-order valence-electron chi connectivity index (χ1n) is 6.21. The summed E-state index contributed by atoms with van der Waals surface area (Å²) in [6, 6.07) is 6.82. The summed E-state index contributed by atoms with van der Waals surface area (Å²) in [6.07, 6.45) is -3.30. The van der Waals surface area contributed by atoms with Gasteiger partial charge in [0.2, 0.25) is 0 Å². The number of allylic oxidation sites excluding steroid dienone is 2. The molecule has 0 spiro atoms. The van der Waals surface area contributed by atoms with Crippen LogP contribution in [0.1, 0.15) is 18.4 Å². The molecule has 0 amide bonds. The zero-order valence-corrected chi connectivity index (χ0v) is 11.2. The van der Waals surface area contributed by atoms with E-state index in [0.717, 1.165) is 0 Å². The lowest BCUT2D eigenvalue weighted by Crippen LogP contribution is -2.24.